The summed E-state index contributed by atoms with van der Waals surface area (Å²) in [6, 6.07) is 8.73. The van der Waals surface area contributed by atoms with Crippen LogP contribution in [-0.2, 0) is 10.0 Å². The second-order valence-electron chi connectivity index (χ2n) is 4.90. The maximum atomic E-state index is 13.3. The fourth-order valence-electron chi connectivity index (χ4n) is 2.02. The Kier molecular flexibility index (Phi) is 4.63. The van der Waals surface area contributed by atoms with Crippen molar-refractivity contribution >= 4 is 15.7 Å². The van der Waals surface area contributed by atoms with Crippen LogP contribution < -0.4 is 10.5 Å². The first-order chi connectivity index (χ1) is 10.7. The number of hydrogen-bond acceptors (Lipinski definition) is 4. The molecule has 0 aromatic heterocycles. The molecule has 0 radical (unpaired) electrons. The third-order valence-electron chi connectivity index (χ3n) is 3.26. The van der Waals surface area contributed by atoms with Gasteiger partial charge in [0.2, 0.25) is 10.0 Å². The summed E-state index contributed by atoms with van der Waals surface area (Å²) in [6.07, 6.45) is 0. The molecule has 2 rings (SSSR count). The first kappa shape index (κ1) is 16.9. The topological polar surface area (TPSA) is 96.0 Å². The van der Waals surface area contributed by atoms with Crippen LogP contribution in [0.25, 0.3) is 0 Å². The van der Waals surface area contributed by atoms with Gasteiger partial charge in [0.05, 0.1) is 16.1 Å². The summed E-state index contributed by atoms with van der Waals surface area (Å²) in [6.45, 7) is 1.70. The molecule has 0 saturated carbocycles. The normalized spacial score (nSPS) is 12.5. The third kappa shape index (κ3) is 3.83. The van der Waals surface area contributed by atoms with Gasteiger partial charge in [0.15, 0.2) is 11.6 Å². The van der Waals surface area contributed by atoms with Crippen molar-refractivity contribution in [1.29, 1.82) is 5.26 Å². The Hall–Kier alpha value is -2.50. The zero-order valence-corrected chi connectivity index (χ0v) is 12.9. The van der Waals surface area contributed by atoms with E-state index >= 15 is 0 Å². The van der Waals surface area contributed by atoms with E-state index in [9.17, 15) is 17.2 Å². The highest BCUT2D eigenvalue weighted by atomic mass is 32.2. The molecule has 0 bridgehead atoms. The van der Waals surface area contributed by atoms with E-state index in [-0.39, 0.29) is 10.5 Å². The van der Waals surface area contributed by atoms with Crippen LogP contribution in [0.4, 0.5) is 14.5 Å². The number of nitrogens with zero attached hydrogens (tertiary/aromatic N) is 1. The summed E-state index contributed by atoms with van der Waals surface area (Å²) in [5.74, 6) is -1.92. The summed E-state index contributed by atoms with van der Waals surface area (Å²) in [5.41, 5.74) is 0.909. The van der Waals surface area contributed by atoms with Crippen molar-refractivity contribution < 1.29 is 17.2 Å². The second kappa shape index (κ2) is 6.32. The number of nitrogens with one attached hydrogen (secondary N) is 1. The molecule has 5 nitrogen and oxygen atoms in total. The highest BCUT2D eigenvalue weighted by molar-refractivity contribution is 7.89. The summed E-state index contributed by atoms with van der Waals surface area (Å²) in [7, 11) is -3.91. The minimum absolute atomic E-state index is 0.0750. The summed E-state index contributed by atoms with van der Waals surface area (Å²) in [4.78, 5) is -0.180. The number of rotatable bonds is 4. The van der Waals surface area contributed by atoms with Gasteiger partial charge in [-0.3, -0.25) is 0 Å². The maximum Gasteiger partial charge on any atom is 0.238 e. The Labute approximate surface area is 132 Å². The first-order valence-electron chi connectivity index (χ1n) is 6.51. The lowest BCUT2D eigenvalue weighted by Crippen LogP contribution is -2.13. The number of halogens is 2. The van der Waals surface area contributed by atoms with Gasteiger partial charge in [0, 0.05) is 6.04 Å². The Balaban J connectivity index is 2.32. The van der Waals surface area contributed by atoms with Crippen molar-refractivity contribution in [3.63, 3.8) is 0 Å². The smallest absolute Gasteiger partial charge is 0.238 e. The van der Waals surface area contributed by atoms with Gasteiger partial charge in [0.1, 0.15) is 6.07 Å². The van der Waals surface area contributed by atoms with Gasteiger partial charge < -0.3 is 5.32 Å². The molecular weight excluding hydrogens is 324 g/mol. The molecule has 0 heterocycles. The van der Waals surface area contributed by atoms with E-state index < -0.39 is 27.7 Å². The molecule has 1 atom stereocenters. The molecule has 0 aliphatic heterocycles. The molecule has 0 aliphatic carbocycles. The average molecular weight is 337 g/mol. The predicted octanol–water partition coefficient (Wildman–Crippen LogP) is 2.66. The molecule has 0 spiro atoms. The molecule has 2 aromatic rings. The number of sulfonamides is 1. The highest BCUT2D eigenvalue weighted by Crippen LogP contribution is 2.25. The van der Waals surface area contributed by atoms with Crippen molar-refractivity contribution in [1.82, 2.24) is 0 Å². The highest BCUT2D eigenvalue weighted by Gasteiger charge is 2.14. The Morgan fingerprint density at radius 1 is 1.17 bits per heavy atom. The summed E-state index contributed by atoms with van der Waals surface area (Å²) >= 11 is 0. The van der Waals surface area contributed by atoms with Crippen molar-refractivity contribution in [3.8, 4) is 6.07 Å². The fraction of sp³-hybridized carbons (Fsp3) is 0.133. The van der Waals surface area contributed by atoms with E-state index in [0.717, 1.165) is 18.2 Å². The molecule has 0 amide bonds. The predicted molar refractivity (Wildman–Crippen MR) is 80.9 cm³/mol. The molecule has 3 N–H and O–H groups in total. The third-order valence-corrected chi connectivity index (χ3v) is 4.17. The van der Waals surface area contributed by atoms with Gasteiger partial charge in [-0.05, 0) is 42.8 Å². The number of benzene rings is 2. The van der Waals surface area contributed by atoms with Crippen molar-refractivity contribution in [2.45, 2.75) is 17.9 Å². The first-order valence-corrected chi connectivity index (χ1v) is 8.05. The Morgan fingerprint density at radius 3 is 2.43 bits per heavy atom. The lowest BCUT2D eigenvalue weighted by molar-refractivity contribution is 0.506. The molecule has 0 unspecified atom stereocenters. The zero-order valence-electron chi connectivity index (χ0n) is 12.0. The van der Waals surface area contributed by atoms with Crippen LogP contribution in [0.15, 0.2) is 41.3 Å². The van der Waals surface area contributed by atoms with Gasteiger partial charge >= 0.3 is 0 Å². The maximum absolute atomic E-state index is 13.3. The number of primary sulfonamides is 1. The molecule has 0 fully saturated rings. The van der Waals surface area contributed by atoms with Crippen LogP contribution >= 0.6 is 0 Å². The number of anilines is 1. The SMILES string of the molecule is C[C@H](Nc1ccc(S(N)(=O)=O)cc1C#N)c1ccc(F)c(F)c1. The monoisotopic (exact) mass is 337 g/mol. The summed E-state index contributed by atoms with van der Waals surface area (Å²) < 4.78 is 48.8. The van der Waals surface area contributed by atoms with E-state index in [4.69, 9.17) is 10.4 Å². The number of nitriles is 1. The Morgan fingerprint density at radius 2 is 1.87 bits per heavy atom. The molecular formula is C15H13F2N3O2S. The van der Waals surface area contributed by atoms with Crippen LogP contribution in [0.3, 0.4) is 0 Å². The van der Waals surface area contributed by atoms with Crippen LogP contribution in [0.1, 0.15) is 24.1 Å². The zero-order chi connectivity index (χ0) is 17.2. The molecule has 120 valence electrons. The van der Waals surface area contributed by atoms with Crippen LogP contribution in [0, 0.1) is 23.0 Å². The minimum Gasteiger partial charge on any atom is -0.377 e. The van der Waals surface area contributed by atoms with Crippen LogP contribution in [0.2, 0.25) is 0 Å². The molecule has 2 aromatic carbocycles. The lowest BCUT2D eigenvalue weighted by atomic mass is 10.1. The van der Waals surface area contributed by atoms with Crippen molar-refractivity contribution in [3.05, 3.63) is 59.2 Å². The van der Waals surface area contributed by atoms with Gasteiger partial charge in [0.25, 0.3) is 0 Å². The van der Waals surface area contributed by atoms with E-state index in [1.807, 2.05) is 6.07 Å². The summed E-state index contributed by atoms with van der Waals surface area (Å²) in [5, 5.41) is 17.1. The fourth-order valence-corrected chi connectivity index (χ4v) is 2.56. The number of nitrogens with two attached hydrogens (primary N) is 1. The molecule has 23 heavy (non-hydrogen) atoms. The van der Waals surface area contributed by atoms with Gasteiger partial charge in [-0.25, -0.2) is 22.3 Å². The van der Waals surface area contributed by atoms with Gasteiger partial charge in [-0.15, -0.1) is 0 Å². The van der Waals surface area contributed by atoms with Crippen LogP contribution in [-0.4, -0.2) is 8.42 Å². The van der Waals surface area contributed by atoms with Gasteiger partial charge in [-0.2, -0.15) is 5.26 Å². The minimum atomic E-state index is -3.91. The number of hydrogen-bond donors (Lipinski definition) is 2. The van der Waals surface area contributed by atoms with Crippen LogP contribution in [0.5, 0.6) is 0 Å². The van der Waals surface area contributed by atoms with E-state index in [1.54, 1.807) is 6.92 Å². The molecule has 0 aliphatic rings. The van der Waals surface area contributed by atoms with Crippen molar-refractivity contribution in [2.75, 3.05) is 5.32 Å². The average Bonchev–Trinajstić information content (AvgIpc) is 2.49. The quantitative estimate of drug-likeness (QED) is 0.896. The molecule has 8 heteroatoms. The second-order valence-corrected chi connectivity index (χ2v) is 6.47. The van der Waals surface area contributed by atoms with Crippen molar-refractivity contribution in [2.24, 2.45) is 5.14 Å². The largest absolute Gasteiger partial charge is 0.377 e. The van der Waals surface area contributed by atoms with Gasteiger partial charge in [-0.1, -0.05) is 6.07 Å². The standard InChI is InChI=1S/C15H13F2N3O2S/c1-9(10-2-4-13(16)14(17)7-10)20-15-5-3-12(23(19,21)22)6-11(15)8-18/h2-7,9,20H,1H3,(H2,19,21,22)/t9-/m0/s1. The van der Waals surface area contributed by atoms with E-state index in [1.165, 1.54) is 18.2 Å². The van der Waals surface area contributed by atoms with E-state index in [2.05, 4.69) is 5.32 Å². The Bertz CT molecular complexity index is 892. The van der Waals surface area contributed by atoms with E-state index in [0.29, 0.717) is 11.3 Å². The molecule has 0 saturated heterocycles. The lowest BCUT2D eigenvalue weighted by Gasteiger charge is -2.17.